The first-order chi connectivity index (χ1) is 28.0. The summed E-state index contributed by atoms with van der Waals surface area (Å²) in [5.74, 6) is 3.09. The van der Waals surface area contributed by atoms with Gasteiger partial charge in [-0.25, -0.2) is 4.79 Å². The highest BCUT2D eigenvalue weighted by atomic mass is 16.5. The van der Waals surface area contributed by atoms with Gasteiger partial charge in [0, 0.05) is 40.5 Å². The van der Waals surface area contributed by atoms with E-state index in [9.17, 15) is 9.59 Å². The Bertz CT molecular complexity index is 2510. The molecule has 57 heavy (non-hydrogen) atoms. The zero-order valence-electron chi connectivity index (χ0n) is 31.7. The number of rotatable bonds is 13. The van der Waals surface area contributed by atoms with Gasteiger partial charge >= 0.3 is 5.97 Å². The Morgan fingerprint density at radius 1 is 0.596 bits per heavy atom. The molecule has 6 atom stereocenters. The molecule has 0 spiro atoms. The van der Waals surface area contributed by atoms with Gasteiger partial charge in [-0.3, -0.25) is 4.79 Å². The van der Waals surface area contributed by atoms with Crippen LogP contribution in [-0.4, -0.2) is 18.2 Å². The molecule has 1 aliphatic heterocycles. The summed E-state index contributed by atoms with van der Waals surface area (Å²) in [6.45, 7) is 1.69. The van der Waals surface area contributed by atoms with Gasteiger partial charge in [-0.2, -0.15) is 0 Å². The zero-order valence-corrected chi connectivity index (χ0v) is 31.7. The van der Waals surface area contributed by atoms with Crippen LogP contribution < -0.4 is 10.2 Å². The molecule has 0 N–H and O–H groups in total. The molecule has 4 aromatic carbocycles. The van der Waals surface area contributed by atoms with Gasteiger partial charge in [0.25, 0.3) is 0 Å². The number of hydrogen-bond donors (Lipinski definition) is 0. The van der Waals surface area contributed by atoms with E-state index >= 15 is 0 Å². The Kier molecular flexibility index (Phi) is 9.56. The van der Waals surface area contributed by atoms with Crippen molar-refractivity contribution in [1.29, 1.82) is 0 Å². The van der Waals surface area contributed by atoms with E-state index in [4.69, 9.17) is 23.4 Å². The second-order valence-electron chi connectivity index (χ2n) is 16.1. The summed E-state index contributed by atoms with van der Waals surface area (Å²) in [6, 6.07) is 34.3. The van der Waals surface area contributed by atoms with E-state index in [0.717, 1.165) is 51.6 Å². The minimum atomic E-state index is -0.440. The van der Waals surface area contributed by atoms with E-state index in [1.165, 1.54) is 25.0 Å². The molecule has 0 saturated heterocycles. The summed E-state index contributed by atoms with van der Waals surface area (Å²) >= 11 is 0. The SMILES string of the molecule is O=C(OCc1ccc(COC2CC3C=CC2C3)cc1)c1ccccc1-c1c2ccc(=O)cc-2oc2cc(OCc3ccc(COC4CC5C=CC4C5)cc3)ccc12. The molecular formula is C50H44O7. The normalized spacial score (nSPS) is 22.9. The number of benzene rings is 5. The number of fused-ring (bicyclic) bond motifs is 6. The Morgan fingerprint density at radius 2 is 1.21 bits per heavy atom. The van der Waals surface area contributed by atoms with E-state index in [1.807, 2.05) is 60.7 Å². The van der Waals surface area contributed by atoms with Crippen LogP contribution in [0.1, 0.15) is 58.3 Å². The third kappa shape index (κ3) is 7.45. The highest BCUT2D eigenvalue weighted by Gasteiger charge is 2.37. The minimum Gasteiger partial charge on any atom is -0.489 e. The Hall–Kier alpha value is -5.76. The maximum atomic E-state index is 13.8. The standard InChI is InChI=1S/C50H44O7/c51-39-17-19-43-47(25-39)57-48-26-40(53-27-31-5-7-32(8-6-31)28-54-45-23-35-13-15-37(45)21-35)18-20-44(48)49(43)41-3-1-2-4-42(41)50(52)56-30-34-11-9-33(10-12-34)29-55-46-24-36-14-16-38(46)22-36/h1-20,25-26,35-38,45-46H,21-24,27-30H2. The largest absolute Gasteiger partial charge is 0.489 e. The number of esters is 1. The van der Waals surface area contributed by atoms with Crippen molar-refractivity contribution in [3.63, 3.8) is 0 Å². The van der Waals surface area contributed by atoms with Gasteiger partial charge < -0.3 is 23.4 Å². The van der Waals surface area contributed by atoms with Crippen molar-refractivity contribution < 1.29 is 28.2 Å². The number of carbonyl (C=O) groups is 1. The molecule has 0 amide bonds. The maximum absolute atomic E-state index is 13.8. The van der Waals surface area contributed by atoms with Crippen molar-refractivity contribution in [2.45, 2.75) is 64.3 Å². The van der Waals surface area contributed by atoms with Crippen LogP contribution in [0.4, 0.5) is 0 Å². The molecule has 1 heterocycles. The molecule has 10 rings (SSSR count). The molecule has 6 unspecified atom stereocenters. The van der Waals surface area contributed by atoms with Gasteiger partial charge in [-0.1, -0.05) is 91.0 Å². The highest BCUT2D eigenvalue weighted by Crippen LogP contribution is 2.44. The van der Waals surface area contributed by atoms with E-state index in [-0.39, 0.29) is 12.0 Å². The van der Waals surface area contributed by atoms with E-state index < -0.39 is 5.97 Å². The number of allylic oxidation sites excluding steroid dienone is 2. The van der Waals surface area contributed by atoms with Gasteiger partial charge in [-0.05, 0) is 95.7 Å². The van der Waals surface area contributed by atoms with Crippen molar-refractivity contribution in [2.24, 2.45) is 23.7 Å². The van der Waals surface area contributed by atoms with Gasteiger partial charge in [-0.15, -0.1) is 0 Å². The molecule has 2 saturated carbocycles. The Morgan fingerprint density at radius 3 is 1.82 bits per heavy atom. The summed E-state index contributed by atoms with van der Waals surface area (Å²) in [6.07, 6.45) is 14.6. The molecule has 6 aliphatic rings. The zero-order chi connectivity index (χ0) is 38.3. The Labute approximate surface area is 331 Å². The van der Waals surface area contributed by atoms with Crippen molar-refractivity contribution in [3.05, 3.63) is 172 Å². The van der Waals surface area contributed by atoms with E-state index in [1.54, 1.807) is 12.1 Å². The van der Waals surface area contributed by atoms with E-state index in [2.05, 4.69) is 48.6 Å². The fourth-order valence-electron chi connectivity index (χ4n) is 9.22. The molecule has 2 fully saturated rings. The lowest BCUT2D eigenvalue weighted by Crippen LogP contribution is -2.17. The number of hydrogen-bond acceptors (Lipinski definition) is 7. The molecule has 4 bridgehead atoms. The van der Waals surface area contributed by atoms with Crippen LogP contribution in [0.25, 0.3) is 33.4 Å². The summed E-state index contributed by atoms with van der Waals surface area (Å²) in [5.41, 5.74) is 7.15. The van der Waals surface area contributed by atoms with Crippen LogP contribution >= 0.6 is 0 Å². The first-order valence-electron chi connectivity index (χ1n) is 20.1. The first kappa shape index (κ1) is 35.6. The molecule has 4 aromatic rings. The van der Waals surface area contributed by atoms with Crippen LogP contribution in [-0.2, 0) is 40.6 Å². The average Bonchev–Trinajstić information content (AvgIpc) is 4.08. The maximum Gasteiger partial charge on any atom is 0.339 e. The molecule has 5 aliphatic carbocycles. The number of ether oxygens (including phenoxy) is 4. The monoisotopic (exact) mass is 756 g/mol. The molecular weight excluding hydrogens is 713 g/mol. The molecule has 0 aromatic heterocycles. The smallest absolute Gasteiger partial charge is 0.339 e. The summed E-state index contributed by atoms with van der Waals surface area (Å²) < 4.78 is 31.0. The van der Waals surface area contributed by atoms with Gasteiger partial charge in [0.2, 0.25) is 0 Å². The third-order valence-corrected chi connectivity index (χ3v) is 12.3. The lowest BCUT2D eigenvalue weighted by Gasteiger charge is -2.19. The van der Waals surface area contributed by atoms with Gasteiger partial charge in [0.15, 0.2) is 5.43 Å². The van der Waals surface area contributed by atoms with Crippen molar-refractivity contribution in [2.75, 3.05) is 0 Å². The Balaban J connectivity index is 0.835. The van der Waals surface area contributed by atoms with Gasteiger partial charge in [0.05, 0.1) is 31.0 Å². The van der Waals surface area contributed by atoms with Crippen LogP contribution in [0.5, 0.6) is 5.75 Å². The summed E-state index contributed by atoms with van der Waals surface area (Å²) in [4.78, 5) is 26.3. The summed E-state index contributed by atoms with van der Waals surface area (Å²) in [7, 11) is 0. The topological polar surface area (TPSA) is 84.2 Å². The minimum absolute atomic E-state index is 0.132. The van der Waals surface area contributed by atoms with Crippen LogP contribution in [0, 0.1) is 23.7 Å². The van der Waals surface area contributed by atoms with Crippen LogP contribution in [0.2, 0.25) is 0 Å². The highest BCUT2D eigenvalue weighted by molar-refractivity contribution is 6.07. The predicted octanol–water partition coefficient (Wildman–Crippen LogP) is 10.5. The number of carbonyl (C=O) groups excluding carboxylic acids is 1. The van der Waals surface area contributed by atoms with Crippen LogP contribution in [0.15, 0.2) is 143 Å². The predicted molar refractivity (Wildman–Crippen MR) is 219 cm³/mol. The van der Waals surface area contributed by atoms with Crippen LogP contribution in [0.3, 0.4) is 0 Å². The lowest BCUT2D eigenvalue weighted by atomic mass is 9.91. The molecule has 7 nitrogen and oxygen atoms in total. The second kappa shape index (κ2) is 15.3. The fraction of sp³-hybridized carbons (Fsp3) is 0.280. The first-order valence-corrected chi connectivity index (χ1v) is 20.1. The molecule has 7 heteroatoms. The second-order valence-corrected chi connectivity index (χ2v) is 16.1. The molecule has 286 valence electrons. The van der Waals surface area contributed by atoms with Crippen molar-refractivity contribution >= 4 is 16.9 Å². The summed E-state index contributed by atoms with van der Waals surface area (Å²) in [5, 5.41) is 0.781. The van der Waals surface area contributed by atoms with Crippen molar-refractivity contribution in [3.8, 4) is 28.2 Å². The lowest BCUT2D eigenvalue weighted by molar-refractivity contribution is 0.0244. The van der Waals surface area contributed by atoms with E-state index in [0.29, 0.717) is 83.9 Å². The fourth-order valence-corrected chi connectivity index (χ4v) is 9.22. The molecule has 0 radical (unpaired) electrons. The quantitative estimate of drug-likeness (QED) is 0.0659. The third-order valence-electron chi connectivity index (χ3n) is 12.3. The van der Waals surface area contributed by atoms with Crippen molar-refractivity contribution in [1.82, 2.24) is 0 Å². The average molecular weight is 757 g/mol. The van der Waals surface area contributed by atoms with Gasteiger partial charge in [0.1, 0.15) is 30.3 Å².